The highest BCUT2D eigenvalue weighted by atomic mass is 32.1. The molecule has 0 aliphatic rings. The topological polar surface area (TPSA) is 38.9 Å². The van der Waals surface area contributed by atoms with Crippen molar-refractivity contribution in [3.8, 4) is 0 Å². The number of hydrogen-bond acceptors (Lipinski definition) is 3. The molecule has 0 saturated carbocycles. The Bertz CT molecular complexity index is 526. The summed E-state index contributed by atoms with van der Waals surface area (Å²) in [6.45, 7) is 7.16. The second-order valence-electron chi connectivity index (χ2n) is 5.44. The Morgan fingerprint density at radius 3 is 2.47 bits per heavy atom. The predicted octanol–water partition coefficient (Wildman–Crippen LogP) is 3.70. The molecule has 0 fully saturated rings. The van der Waals surface area contributed by atoms with Gasteiger partial charge in [0.2, 0.25) is 0 Å². The van der Waals surface area contributed by atoms with Gasteiger partial charge in [0.1, 0.15) is 0 Å². The highest BCUT2D eigenvalue weighted by molar-refractivity contribution is 7.11. The third-order valence-corrected chi connectivity index (χ3v) is 4.21. The molecule has 0 aliphatic heterocycles. The number of nitrogens with zero attached hydrogens (tertiary/aromatic N) is 1. The molecule has 0 radical (unpaired) electrons. The van der Waals surface area contributed by atoms with E-state index in [-0.39, 0.29) is 0 Å². The average molecular weight is 274 g/mol. The first-order valence-electron chi connectivity index (χ1n) is 6.81. The molecule has 2 N–H and O–H groups in total. The van der Waals surface area contributed by atoms with Gasteiger partial charge in [0, 0.05) is 17.8 Å². The average Bonchev–Trinajstić information content (AvgIpc) is 2.73. The molecule has 2 rings (SSSR count). The predicted molar refractivity (Wildman–Crippen MR) is 82.5 cm³/mol. The van der Waals surface area contributed by atoms with Crippen molar-refractivity contribution in [2.45, 2.75) is 40.2 Å². The van der Waals surface area contributed by atoms with Crippen molar-refractivity contribution in [1.29, 1.82) is 0 Å². The number of aromatic nitrogens is 1. The Balaban J connectivity index is 2.16. The lowest BCUT2D eigenvalue weighted by molar-refractivity contribution is 0.632. The number of benzene rings is 1. The van der Waals surface area contributed by atoms with Crippen LogP contribution in [0.1, 0.15) is 40.6 Å². The van der Waals surface area contributed by atoms with Crippen molar-refractivity contribution in [1.82, 2.24) is 4.98 Å². The Morgan fingerprint density at radius 1 is 1.21 bits per heavy atom. The molecule has 1 aromatic carbocycles. The largest absolute Gasteiger partial charge is 0.326 e. The number of hydrogen-bond donors (Lipinski definition) is 1. The Labute approximate surface area is 119 Å². The Kier molecular flexibility index (Phi) is 4.72. The SMILES string of the molecule is Cc1ccc(Cc2nc(CC(C)C)c(CN)s2)cc1. The molecule has 3 heteroatoms. The van der Waals surface area contributed by atoms with Gasteiger partial charge in [-0.2, -0.15) is 0 Å². The summed E-state index contributed by atoms with van der Waals surface area (Å²) in [4.78, 5) is 6.02. The van der Waals surface area contributed by atoms with E-state index in [1.54, 1.807) is 11.3 Å². The summed E-state index contributed by atoms with van der Waals surface area (Å²) in [5.41, 5.74) is 9.64. The van der Waals surface area contributed by atoms with Crippen LogP contribution in [-0.4, -0.2) is 4.98 Å². The zero-order valence-corrected chi connectivity index (χ0v) is 12.8. The third kappa shape index (κ3) is 3.88. The molecule has 2 aromatic rings. The van der Waals surface area contributed by atoms with Crippen LogP contribution in [0.3, 0.4) is 0 Å². The minimum Gasteiger partial charge on any atom is -0.326 e. The van der Waals surface area contributed by atoms with Crippen molar-refractivity contribution in [3.05, 3.63) is 51.0 Å². The molecule has 0 amide bonds. The third-order valence-electron chi connectivity index (χ3n) is 3.09. The number of nitrogens with two attached hydrogens (primary N) is 1. The molecule has 0 aliphatic carbocycles. The quantitative estimate of drug-likeness (QED) is 0.903. The van der Waals surface area contributed by atoms with E-state index in [0.717, 1.165) is 12.8 Å². The molecule has 19 heavy (non-hydrogen) atoms. The summed E-state index contributed by atoms with van der Waals surface area (Å²) in [5, 5.41) is 1.18. The molecular weight excluding hydrogens is 252 g/mol. The van der Waals surface area contributed by atoms with Crippen LogP contribution < -0.4 is 5.73 Å². The van der Waals surface area contributed by atoms with Crippen LogP contribution in [0.2, 0.25) is 0 Å². The Hall–Kier alpha value is -1.19. The van der Waals surface area contributed by atoms with Gasteiger partial charge in [-0.15, -0.1) is 11.3 Å². The van der Waals surface area contributed by atoms with E-state index in [1.165, 1.54) is 26.7 Å². The van der Waals surface area contributed by atoms with Crippen LogP contribution in [0.5, 0.6) is 0 Å². The lowest BCUT2D eigenvalue weighted by Gasteiger charge is -2.02. The second-order valence-corrected chi connectivity index (χ2v) is 6.61. The summed E-state index contributed by atoms with van der Waals surface area (Å²) < 4.78 is 0. The summed E-state index contributed by atoms with van der Waals surface area (Å²) in [6.07, 6.45) is 1.94. The van der Waals surface area contributed by atoms with Crippen LogP contribution in [-0.2, 0) is 19.4 Å². The van der Waals surface area contributed by atoms with Crippen LogP contribution >= 0.6 is 11.3 Å². The number of aryl methyl sites for hydroxylation is 1. The second kappa shape index (κ2) is 6.31. The minimum absolute atomic E-state index is 0.605. The van der Waals surface area contributed by atoms with Crippen molar-refractivity contribution in [2.75, 3.05) is 0 Å². The molecule has 1 aromatic heterocycles. The maximum atomic E-state index is 5.82. The van der Waals surface area contributed by atoms with Crippen molar-refractivity contribution in [2.24, 2.45) is 11.7 Å². The number of thiazole rings is 1. The molecule has 0 unspecified atom stereocenters. The van der Waals surface area contributed by atoms with Gasteiger partial charge >= 0.3 is 0 Å². The van der Waals surface area contributed by atoms with E-state index >= 15 is 0 Å². The minimum atomic E-state index is 0.605. The maximum absolute atomic E-state index is 5.82. The van der Waals surface area contributed by atoms with E-state index in [1.807, 2.05) is 0 Å². The Morgan fingerprint density at radius 2 is 1.89 bits per heavy atom. The van der Waals surface area contributed by atoms with Gasteiger partial charge in [-0.05, 0) is 24.8 Å². The fraction of sp³-hybridized carbons (Fsp3) is 0.438. The fourth-order valence-electron chi connectivity index (χ4n) is 2.10. The van der Waals surface area contributed by atoms with Crippen molar-refractivity contribution < 1.29 is 0 Å². The highest BCUT2D eigenvalue weighted by Gasteiger charge is 2.11. The van der Waals surface area contributed by atoms with Crippen LogP contribution in [0.25, 0.3) is 0 Å². The maximum Gasteiger partial charge on any atom is 0.0975 e. The monoisotopic (exact) mass is 274 g/mol. The van der Waals surface area contributed by atoms with Gasteiger partial charge < -0.3 is 5.73 Å². The summed E-state index contributed by atoms with van der Waals surface area (Å²) >= 11 is 1.76. The van der Waals surface area contributed by atoms with E-state index in [4.69, 9.17) is 10.7 Å². The lowest BCUT2D eigenvalue weighted by atomic mass is 10.1. The van der Waals surface area contributed by atoms with Crippen LogP contribution in [0.4, 0.5) is 0 Å². The highest BCUT2D eigenvalue weighted by Crippen LogP contribution is 2.23. The van der Waals surface area contributed by atoms with Gasteiger partial charge in [0.25, 0.3) is 0 Å². The van der Waals surface area contributed by atoms with Crippen LogP contribution in [0, 0.1) is 12.8 Å². The van der Waals surface area contributed by atoms with E-state index in [2.05, 4.69) is 45.0 Å². The van der Waals surface area contributed by atoms with Gasteiger partial charge in [-0.1, -0.05) is 43.7 Å². The smallest absolute Gasteiger partial charge is 0.0975 e. The molecule has 2 nitrogen and oxygen atoms in total. The first-order chi connectivity index (χ1) is 9.08. The zero-order valence-electron chi connectivity index (χ0n) is 11.9. The molecule has 0 bridgehead atoms. The molecular formula is C16H22N2S. The van der Waals surface area contributed by atoms with E-state index < -0.39 is 0 Å². The molecule has 0 saturated heterocycles. The summed E-state index contributed by atoms with van der Waals surface area (Å²) in [5.74, 6) is 0.625. The fourth-order valence-corrected chi connectivity index (χ4v) is 3.11. The van der Waals surface area contributed by atoms with Crippen molar-refractivity contribution >= 4 is 11.3 Å². The lowest BCUT2D eigenvalue weighted by Crippen LogP contribution is -2.02. The van der Waals surface area contributed by atoms with E-state index in [0.29, 0.717) is 12.5 Å². The van der Waals surface area contributed by atoms with E-state index in [9.17, 15) is 0 Å². The van der Waals surface area contributed by atoms with Crippen LogP contribution in [0.15, 0.2) is 24.3 Å². The van der Waals surface area contributed by atoms with Gasteiger partial charge in [-0.25, -0.2) is 4.98 Å². The van der Waals surface area contributed by atoms with Gasteiger partial charge in [0.05, 0.1) is 10.7 Å². The molecule has 0 atom stereocenters. The number of rotatable bonds is 5. The van der Waals surface area contributed by atoms with Gasteiger partial charge in [-0.3, -0.25) is 0 Å². The molecule has 1 heterocycles. The standard InChI is InChI=1S/C16H22N2S/c1-11(2)8-14-15(10-17)19-16(18-14)9-13-6-4-12(3)5-7-13/h4-7,11H,8-10,17H2,1-3H3. The summed E-state index contributed by atoms with van der Waals surface area (Å²) in [6, 6.07) is 8.67. The first-order valence-corrected chi connectivity index (χ1v) is 7.63. The molecule has 102 valence electrons. The normalized spacial score (nSPS) is 11.2. The van der Waals surface area contributed by atoms with Gasteiger partial charge in [0.15, 0.2) is 0 Å². The van der Waals surface area contributed by atoms with Crippen molar-refractivity contribution in [3.63, 3.8) is 0 Å². The first kappa shape index (κ1) is 14.2. The zero-order chi connectivity index (χ0) is 13.8. The molecule has 0 spiro atoms. The summed E-state index contributed by atoms with van der Waals surface area (Å²) in [7, 11) is 0.